The minimum atomic E-state index is -1.03. The third-order valence-electron chi connectivity index (χ3n) is 5.30. The molecule has 0 saturated carbocycles. The molecule has 1 saturated heterocycles. The van der Waals surface area contributed by atoms with E-state index in [1.165, 1.54) is 7.05 Å². The Balaban J connectivity index is 1.76. The van der Waals surface area contributed by atoms with Crippen LogP contribution < -0.4 is 0 Å². The van der Waals surface area contributed by atoms with Crippen LogP contribution in [0.2, 0.25) is 0 Å². The van der Waals surface area contributed by atoms with Gasteiger partial charge in [-0.2, -0.15) is 0 Å². The molecule has 1 N–H and O–H groups in total. The summed E-state index contributed by atoms with van der Waals surface area (Å²) in [7, 11) is 3.21. The lowest BCUT2D eigenvalue weighted by atomic mass is 10.1. The fraction of sp³-hybridized carbons (Fsp3) is 0.450. The van der Waals surface area contributed by atoms with Crippen LogP contribution in [0.5, 0.6) is 0 Å². The van der Waals surface area contributed by atoms with Crippen LogP contribution >= 0.6 is 0 Å². The largest absolute Gasteiger partial charge is 0.464 e. The number of hydrogen-bond acceptors (Lipinski definition) is 4. The van der Waals surface area contributed by atoms with Gasteiger partial charge < -0.3 is 14.6 Å². The number of nitrogens with zero attached hydrogens (tertiary/aromatic N) is 4. The van der Waals surface area contributed by atoms with Crippen molar-refractivity contribution in [3.05, 3.63) is 36.0 Å². The highest BCUT2D eigenvalue weighted by atomic mass is 16.4. The van der Waals surface area contributed by atoms with Gasteiger partial charge in [-0.05, 0) is 17.5 Å². The minimum Gasteiger partial charge on any atom is -0.464 e. The van der Waals surface area contributed by atoms with Crippen LogP contribution in [0.3, 0.4) is 0 Å². The number of hydrazine groups is 1. The molecule has 2 amide bonds. The minimum absolute atomic E-state index is 0.0484. The zero-order valence-corrected chi connectivity index (χ0v) is 16.3. The summed E-state index contributed by atoms with van der Waals surface area (Å²) in [6.07, 6.45) is 0.198. The SMILES string of the molecule is CN(Cc1cc2ccccc2n1CCC(=O)N1CCC(=O)CC1)N(C)C(=O)O. The number of carboxylic acid groups (broad SMARTS) is 1. The summed E-state index contributed by atoms with van der Waals surface area (Å²) in [6, 6.07) is 9.96. The van der Waals surface area contributed by atoms with Gasteiger partial charge in [0.2, 0.25) is 5.91 Å². The number of benzene rings is 1. The number of piperidine rings is 1. The molecule has 0 bridgehead atoms. The van der Waals surface area contributed by atoms with Crippen LogP contribution in [-0.2, 0) is 22.7 Å². The third-order valence-corrected chi connectivity index (χ3v) is 5.30. The average Bonchev–Trinajstić information content (AvgIpc) is 3.02. The Bertz CT molecular complexity index is 881. The summed E-state index contributed by atoms with van der Waals surface area (Å²) < 4.78 is 2.08. The molecule has 0 atom stereocenters. The smallest absolute Gasteiger partial charge is 0.421 e. The van der Waals surface area contributed by atoms with E-state index >= 15 is 0 Å². The van der Waals surface area contributed by atoms with Gasteiger partial charge in [0, 0.05) is 64.2 Å². The van der Waals surface area contributed by atoms with Gasteiger partial charge in [0.25, 0.3) is 0 Å². The van der Waals surface area contributed by atoms with Crippen molar-refractivity contribution in [1.29, 1.82) is 0 Å². The van der Waals surface area contributed by atoms with Crippen LogP contribution in [0, 0.1) is 0 Å². The predicted molar refractivity (Wildman–Crippen MR) is 105 cm³/mol. The highest BCUT2D eigenvalue weighted by molar-refractivity contribution is 5.84. The molecule has 0 unspecified atom stereocenters. The Hall–Kier alpha value is -2.87. The molecule has 150 valence electrons. The lowest BCUT2D eigenvalue weighted by Gasteiger charge is -2.27. The van der Waals surface area contributed by atoms with Crippen LogP contribution in [0.15, 0.2) is 30.3 Å². The molecule has 0 aliphatic carbocycles. The molecule has 28 heavy (non-hydrogen) atoms. The Morgan fingerprint density at radius 2 is 1.82 bits per heavy atom. The van der Waals surface area contributed by atoms with E-state index in [9.17, 15) is 19.5 Å². The van der Waals surface area contributed by atoms with Crippen molar-refractivity contribution in [3.63, 3.8) is 0 Å². The number of carbonyl (C=O) groups excluding carboxylic acids is 2. The molecule has 8 nitrogen and oxygen atoms in total. The van der Waals surface area contributed by atoms with Gasteiger partial charge in [0.05, 0.1) is 6.54 Å². The number of carbonyl (C=O) groups is 3. The Morgan fingerprint density at radius 3 is 2.50 bits per heavy atom. The molecular weight excluding hydrogens is 360 g/mol. The summed E-state index contributed by atoms with van der Waals surface area (Å²) in [6.45, 7) is 1.92. The van der Waals surface area contributed by atoms with Crippen LogP contribution in [0.25, 0.3) is 10.9 Å². The molecule has 1 aliphatic rings. The number of hydrogen-bond donors (Lipinski definition) is 1. The topological polar surface area (TPSA) is 86.1 Å². The number of aryl methyl sites for hydroxylation is 1. The van der Waals surface area contributed by atoms with Crippen LogP contribution in [0.4, 0.5) is 4.79 Å². The third kappa shape index (κ3) is 4.33. The Kier molecular flexibility index (Phi) is 5.99. The van der Waals surface area contributed by atoms with E-state index in [2.05, 4.69) is 4.57 Å². The molecule has 1 aromatic heterocycles. The number of rotatable bonds is 6. The van der Waals surface area contributed by atoms with Crippen molar-refractivity contribution in [2.24, 2.45) is 0 Å². The van der Waals surface area contributed by atoms with Gasteiger partial charge in [0.1, 0.15) is 5.78 Å². The monoisotopic (exact) mass is 386 g/mol. The highest BCUT2D eigenvalue weighted by Crippen LogP contribution is 2.22. The number of likely N-dealkylation sites (tertiary alicyclic amines) is 1. The molecule has 2 heterocycles. The Labute approximate surface area is 163 Å². The Morgan fingerprint density at radius 1 is 1.14 bits per heavy atom. The maximum atomic E-state index is 12.6. The molecular formula is C20H26N4O4. The maximum absolute atomic E-state index is 12.6. The van der Waals surface area contributed by atoms with E-state index in [-0.39, 0.29) is 11.7 Å². The number of Topliss-reactive ketones (excluding diaryl/α,β-unsaturated/α-hetero) is 1. The first-order valence-electron chi connectivity index (χ1n) is 9.41. The summed E-state index contributed by atoms with van der Waals surface area (Å²) in [5, 5.41) is 13.0. The number of aromatic nitrogens is 1. The summed E-state index contributed by atoms with van der Waals surface area (Å²) in [5.41, 5.74) is 1.96. The predicted octanol–water partition coefficient (Wildman–Crippen LogP) is 2.18. The molecule has 0 radical (unpaired) electrons. The van der Waals surface area contributed by atoms with E-state index in [1.54, 1.807) is 17.0 Å². The number of ketones is 1. The first-order valence-corrected chi connectivity index (χ1v) is 9.41. The zero-order chi connectivity index (χ0) is 20.3. The molecule has 1 aliphatic heterocycles. The second-order valence-electron chi connectivity index (χ2n) is 7.14. The van der Waals surface area contributed by atoms with Gasteiger partial charge >= 0.3 is 6.09 Å². The van der Waals surface area contributed by atoms with Crippen molar-refractivity contribution >= 4 is 28.7 Å². The summed E-state index contributed by atoms with van der Waals surface area (Å²) in [4.78, 5) is 36.9. The van der Waals surface area contributed by atoms with E-state index in [0.29, 0.717) is 45.4 Å². The zero-order valence-electron chi connectivity index (χ0n) is 16.3. The van der Waals surface area contributed by atoms with Crippen molar-refractivity contribution < 1.29 is 19.5 Å². The first-order chi connectivity index (χ1) is 13.4. The lowest BCUT2D eigenvalue weighted by molar-refractivity contribution is -0.134. The standard InChI is InChI=1S/C20H26N4O4/c1-21(22(2)20(27)28)14-16-13-15-5-3-4-6-18(15)24(16)12-9-19(26)23-10-7-17(25)8-11-23/h3-6,13H,7-12,14H2,1-2H3,(H,27,28). The van der Waals surface area contributed by atoms with Gasteiger partial charge in [0.15, 0.2) is 0 Å². The normalized spacial score (nSPS) is 14.7. The van der Waals surface area contributed by atoms with Gasteiger partial charge in [-0.15, -0.1) is 0 Å². The average molecular weight is 386 g/mol. The maximum Gasteiger partial charge on any atom is 0.421 e. The number of amides is 2. The highest BCUT2D eigenvalue weighted by Gasteiger charge is 2.21. The van der Waals surface area contributed by atoms with E-state index in [0.717, 1.165) is 21.6 Å². The fourth-order valence-electron chi connectivity index (χ4n) is 3.52. The van der Waals surface area contributed by atoms with Gasteiger partial charge in [-0.1, -0.05) is 18.2 Å². The first kappa shape index (κ1) is 19.9. The van der Waals surface area contributed by atoms with Gasteiger partial charge in [-0.25, -0.2) is 14.8 Å². The molecule has 0 spiro atoms. The van der Waals surface area contributed by atoms with Crippen LogP contribution in [0.1, 0.15) is 25.0 Å². The lowest BCUT2D eigenvalue weighted by Crippen LogP contribution is -2.40. The molecule has 8 heteroatoms. The van der Waals surface area contributed by atoms with E-state index in [4.69, 9.17) is 0 Å². The number of fused-ring (bicyclic) bond motifs is 1. The molecule has 2 aromatic rings. The van der Waals surface area contributed by atoms with Crippen molar-refractivity contribution in [2.75, 3.05) is 27.2 Å². The summed E-state index contributed by atoms with van der Waals surface area (Å²) >= 11 is 0. The molecule has 3 rings (SSSR count). The fourth-order valence-corrected chi connectivity index (χ4v) is 3.52. The van der Waals surface area contributed by atoms with E-state index in [1.807, 2.05) is 30.3 Å². The van der Waals surface area contributed by atoms with E-state index < -0.39 is 6.09 Å². The number of para-hydroxylation sites is 1. The van der Waals surface area contributed by atoms with Crippen LogP contribution in [-0.4, -0.2) is 69.6 Å². The summed E-state index contributed by atoms with van der Waals surface area (Å²) in [5.74, 6) is 0.264. The molecule has 1 aromatic carbocycles. The second-order valence-corrected chi connectivity index (χ2v) is 7.14. The van der Waals surface area contributed by atoms with Crippen molar-refractivity contribution in [1.82, 2.24) is 19.5 Å². The van der Waals surface area contributed by atoms with Gasteiger partial charge in [-0.3, -0.25) is 9.59 Å². The van der Waals surface area contributed by atoms with Crippen molar-refractivity contribution in [3.8, 4) is 0 Å². The van der Waals surface area contributed by atoms with Crippen molar-refractivity contribution in [2.45, 2.75) is 32.4 Å². The second kappa shape index (κ2) is 8.43. The quantitative estimate of drug-likeness (QED) is 0.769. The molecule has 1 fully saturated rings.